The molecule has 0 radical (unpaired) electrons. The van der Waals surface area contributed by atoms with Crippen molar-refractivity contribution in [3.05, 3.63) is 0 Å². The fraction of sp³-hybridized carbons (Fsp3) is 0.833. The average molecular weight is 223 g/mol. The SMILES string of the molecule is CC1(NC(=S)NN)CCS(=O)(=O)C1. The van der Waals surface area contributed by atoms with Crippen LogP contribution in [0.3, 0.4) is 0 Å². The van der Waals surface area contributed by atoms with Crippen LogP contribution in [0.5, 0.6) is 0 Å². The Kier molecular flexibility index (Phi) is 2.79. The van der Waals surface area contributed by atoms with Gasteiger partial charge in [0.1, 0.15) is 0 Å². The van der Waals surface area contributed by atoms with E-state index in [4.69, 9.17) is 18.1 Å². The van der Waals surface area contributed by atoms with E-state index in [1.165, 1.54) is 0 Å². The molecule has 1 aliphatic heterocycles. The molecule has 1 saturated heterocycles. The van der Waals surface area contributed by atoms with E-state index < -0.39 is 15.4 Å². The Morgan fingerprint density at radius 1 is 1.62 bits per heavy atom. The van der Waals surface area contributed by atoms with Crippen LogP contribution in [0.4, 0.5) is 0 Å². The first-order valence-corrected chi connectivity index (χ1v) is 6.09. The highest BCUT2D eigenvalue weighted by Gasteiger charge is 2.38. The largest absolute Gasteiger partial charge is 0.355 e. The first kappa shape index (κ1) is 10.7. The number of nitrogens with one attached hydrogen (secondary N) is 2. The highest BCUT2D eigenvalue weighted by Crippen LogP contribution is 2.22. The van der Waals surface area contributed by atoms with Crippen molar-refractivity contribution in [2.75, 3.05) is 11.5 Å². The molecule has 0 spiro atoms. The zero-order valence-corrected chi connectivity index (χ0v) is 8.96. The Bertz CT molecular complexity index is 314. The van der Waals surface area contributed by atoms with Crippen LogP contribution < -0.4 is 16.6 Å². The molecule has 0 amide bonds. The third kappa shape index (κ3) is 2.78. The van der Waals surface area contributed by atoms with Crippen molar-refractivity contribution in [2.24, 2.45) is 5.84 Å². The van der Waals surface area contributed by atoms with Gasteiger partial charge in [0.05, 0.1) is 17.0 Å². The van der Waals surface area contributed by atoms with E-state index >= 15 is 0 Å². The molecule has 0 aromatic carbocycles. The average Bonchev–Trinajstić information content (AvgIpc) is 2.25. The molecule has 1 atom stereocenters. The smallest absolute Gasteiger partial charge is 0.181 e. The van der Waals surface area contributed by atoms with Crippen molar-refractivity contribution in [3.63, 3.8) is 0 Å². The lowest BCUT2D eigenvalue weighted by atomic mass is 10.0. The number of hydrazine groups is 1. The molecule has 13 heavy (non-hydrogen) atoms. The standard InChI is InChI=1S/C6H13N3O2S2/c1-6(8-5(12)9-7)2-3-13(10,11)4-6/h2-4,7H2,1H3,(H2,8,9,12). The van der Waals surface area contributed by atoms with Gasteiger partial charge in [-0.1, -0.05) is 0 Å². The van der Waals surface area contributed by atoms with Crippen molar-refractivity contribution < 1.29 is 8.42 Å². The van der Waals surface area contributed by atoms with Crippen LogP contribution >= 0.6 is 12.2 Å². The molecule has 0 bridgehead atoms. The molecular formula is C6H13N3O2S2. The van der Waals surface area contributed by atoms with Crippen LogP contribution in [0.25, 0.3) is 0 Å². The summed E-state index contributed by atoms with van der Waals surface area (Å²) in [5.74, 6) is 5.40. The topological polar surface area (TPSA) is 84.2 Å². The molecule has 0 aromatic rings. The highest BCUT2D eigenvalue weighted by molar-refractivity contribution is 7.91. The quantitative estimate of drug-likeness (QED) is 0.297. The van der Waals surface area contributed by atoms with Crippen molar-refractivity contribution in [1.82, 2.24) is 10.7 Å². The number of hydrogen-bond donors (Lipinski definition) is 3. The number of sulfone groups is 1. The summed E-state index contributed by atoms with van der Waals surface area (Å²) in [5, 5.41) is 3.15. The van der Waals surface area contributed by atoms with E-state index in [0.29, 0.717) is 6.42 Å². The van der Waals surface area contributed by atoms with Gasteiger partial charge in [-0.3, -0.25) is 0 Å². The van der Waals surface area contributed by atoms with E-state index in [0.717, 1.165) is 0 Å². The minimum absolute atomic E-state index is 0.113. The molecule has 1 fully saturated rings. The van der Waals surface area contributed by atoms with E-state index in [-0.39, 0.29) is 16.6 Å². The van der Waals surface area contributed by atoms with E-state index in [2.05, 4.69) is 10.7 Å². The van der Waals surface area contributed by atoms with Gasteiger partial charge in [-0.2, -0.15) is 0 Å². The summed E-state index contributed by atoms with van der Waals surface area (Å²) in [6.45, 7) is 1.82. The van der Waals surface area contributed by atoms with Crippen molar-refractivity contribution in [2.45, 2.75) is 18.9 Å². The number of rotatable bonds is 1. The zero-order valence-electron chi connectivity index (χ0n) is 7.33. The molecule has 1 aliphatic rings. The Morgan fingerprint density at radius 3 is 2.62 bits per heavy atom. The third-order valence-electron chi connectivity index (χ3n) is 2.05. The maximum atomic E-state index is 11.2. The zero-order chi connectivity index (χ0) is 10.1. The van der Waals surface area contributed by atoms with Crippen molar-refractivity contribution in [3.8, 4) is 0 Å². The number of hydrogen-bond acceptors (Lipinski definition) is 4. The van der Waals surface area contributed by atoms with Crippen LogP contribution in [0.2, 0.25) is 0 Å². The maximum absolute atomic E-state index is 11.2. The van der Waals surface area contributed by atoms with E-state index in [1.54, 1.807) is 0 Å². The predicted molar refractivity (Wildman–Crippen MR) is 54.7 cm³/mol. The lowest BCUT2D eigenvalue weighted by Crippen LogP contribution is -2.52. The van der Waals surface area contributed by atoms with Gasteiger partial charge in [-0.25, -0.2) is 14.3 Å². The summed E-state index contributed by atoms with van der Waals surface area (Å²) < 4.78 is 22.4. The lowest BCUT2D eigenvalue weighted by Gasteiger charge is -2.24. The number of thiocarbonyl (C=S) groups is 1. The van der Waals surface area contributed by atoms with Gasteiger partial charge < -0.3 is 10.7 Å². The Balaban J connectivity index is 2.65. The minimum Gasteiger partial charge on any atom is -0.355 e. The molecule has 7 heteroatoms. The van der Waals surface area contributed by atoms with Gasteiger partial charge in [0.25, 0.3) is 0 Å². The second-order valence-electron chi connectivity index (χ2n) is 3.50. The molecule has 4 N–H and O–H groups in total. The van der Waals surface area contributed by atoms with Gasteiger partial charge in [-0.05, 0) is 25.6 Å². The lowest BCUT2D eigenvalue weighted by molar-refractivity contribution is 0.468. The van der Waals surface area contributed by atoms with Gasteiger partial charge in [0, 0.05) is 0 Å². The molecule has 76 valence electrons. The normalized spacial score (nSPS) is 31.2. The Morgan fingerprint density at radius 2 is 2.23 bits per heavy atom. The van der Waals surface area contributed by atoms with Crippen LogP contribution in [-0.4, -0.2) is 30.6 Å². The van der Waals surface area contributed by atoms with Crippen LogP contribution in [-0.2, 0) is 9.84 Å². The maximum Gasteiger partial charge on any atom is 0.181 e. The second-order valence-corrected chi connectivity index (χ2v) is 6.09. The number of nitrogens with two attached hydrogens (primary N) is 1. The van der Waals surface area contributed by atoms with Gasteiger partial charge >= 0.3 is 0 Å². The Labute approximate surface area is 83.0 Å². The van der Waals surface area contributed by atoms with Crippen molar-refractivity contribution >= 4 is 27.2 Å². The Hall–Kier alpha value is -0.400. The molecule has 5 nitrogen and oxygen atoms in total. The molecule has 0 aliphatic carbocycles. The molecular weight excluding hydrogens is 210 g/mol. The highest BCUT2D eigenvalue weighted by atomic mass is 32.2. The fourth-order valence-corrected chi connectivity index (χ4v) is 3.76. The third-order valence-corrected chi connectivity index (χ3v) is 4.17. The van der Waals surface area contributed by atoms with Crippen LogP contribution in [0, 0.1) is 0 Å². The molecule has 0 aromatic heterocycles. The summed E-state index contributed by atoms with van der Waals surface area (Å²) in [5.41, 5.74) is 1.80. The van der Waals surface area contributed by atoms with Crippen LogP contribution in [0.15, 0.2) is 0 Å². The summed E-state index contributed by atoms with van der Waals surface area (Å²) in [6.07, 6.45) is 0.567. The monoisotopic (exact) mass is 223 g/mol. The molecule has 1 heterocycles. The van der Waals surface area contributed by atoms with Gasteiger partial charge in [0.2, 0.25) is 0 Å². The minimum atomic E-state index is -2.90. The van der Waals surface area contributed by atoms with E-state index in [1.807, 2.05) is 6.92 Å². The first-order valence-electron chi connectivity index (χ1n) is 3.86. The first-order chi connectivity index (χ1) is 5.87. The molecule has 1 rings (SSSR count). The predicted octanol–water partition coefficient (Wildman–Crippen LogP) is -1.10. The summed E-state index contributed by atoms with van der Waals surface area (Å²) in [6, 6.07) is 0. The van der Waals surface area contributed by atoms with Gasteiger partial charge in [0.15, 0.2) is 14.9 Å². The second kappa shape index (κ2) is 3.39. The summed E-state index contributed by atoms with van der Waals surface area (Å²) in [7, 11) is -2.90. The molecule has 1 unspecified atom stereocenters. The summed E-state index contributed by atoms with van der Waals surface area (Å²) in [4.78, 5) is 0. The molecule has 0 saturated carbocycles. The fourth-order valence-electron chi connectivity index (χ4n) is 1.42. The van der Waals surface area contributed by atoms with Gasteiger partial charge in [-0.15, -0.1) is 0 Å². The van der Waals surface area contributed by atoms with Crippen molar-refractivity contribution in [1.29, 1.82) is 0 Å². The van der Waals surface area contributed by atoms with E-state index in [9.17, 15) is 8.42 Å². The van der Waals surface area contributed by atoms with Crippen LogP contribution in [0.1, 0.15) is 13.3 Å². The summed E-state index contributed by atoms with van der Waals surface area (Å²) >= 11 is 4.80.